The van der Waals surface area contributed by atoms with Crippen LogP contribution >= 0.6 is 0 Å². The van der Waals surface area contributed by atoms with Gasteiger partial charge in [0.05, 0.1) is 17.7 Å². The maximum absolute atomic E-state index is 9.14. The Labute approximate surface area is 99.4 Å². The SMILES string of the molecule is [C-]#[N+]c1ccccc1C(=[N+]=[N-])c1ccccc1. The van der Waals surface area contributed by atoms with E-state index in [0.29, 0.717) is 17.0 Å². The molecule has 80 valence electrons. The summed E-state index contributed by atoms with van der Waals surface area (Å²) in [7, 11) is 0. The molecule has 0 atom stereocenters. The Balaban J connectivity index is 2.60. The van der Waals surface area contributed by atoms with Crippen LogP contribution in [0.15, 0.2) is 54.6 Å². The van der Waals surface area contributed by atoms with Crippen LogP contribution in [0.4, 0.5) is 5.69 Å². The Hall–Kier alpha value is -2.69. The van der Waals surface area contributed by atoms with Crippen LogP contribution in [-0.2, 0) is 0 Å². The van der Waals surface area contributed by atoms with Crippen molar-refractivity contribution in [1.29, 1.82) is 0 Å². The van der Waals surface area contributed by atoms with E-state index < -0.39 is 0 Å². The predicted octanol–water partition coefficient (Wildman–Crippen LogP) is 3.30. The molecule has 0 aromatic heterocycles. The molecule has 0 radical (unpaired) electrons. The molecule has 2 rings (SSSR count). The lowest BCUT2D eigenvalue weighted by atomic mass is 10.0. The Kier molecular flexibility index (Phi) is 3.11. The molecule has 3 heteroatoms. The van der Waals surface area contributed by atoms with Crippen molar-refractivity contribution in [2.75, 3.05) is 0 Å². The highest BCUT2D eigenvalue weighted by molar-refractivity contribution is 6.12. The zero-order chi connectivity index (χ0) is 12.1. The summed E-state index contributed by atoms with van der Waals surface area (Å²) in [5.41, 5.74) is 11.4. The summed E-state index contributed by atoms with van der Waals surface area (Å²) >= 11 is 0. The van der Waals surface area contributed by atoms with Crippen LogP contribution in [0.25, 0.3) is 10.4 Å². The second kappa shape index (κ2) is 4.89. The molecule has 0 spiro atoms. The van der Waals surface area contributed by atoms with Crippen LogP contribution in [0, 0.1) is 6.57 Å². The van der Waals surface area contributed by atoms with Crippen LogP contribution in [-0.4, -0.2) is 10.5 Å². The third kappa shape index (κ3) is 2.12. The molecule has 0 heterocycles. The molecule has 0 aliphatic rings. The van der Waals surface area contributed by atoms with Gasteiger partial charge in [-0.25, -0.2) is 4.85 Å². The van der Waals surface area contributed by atoms with E-state index in [0.717, 1.165) is 5.56 Å². The van der Waals surface area contributed by atoms with Crippen molar-refractivity contribution in [3.05, 3.63) is 82.7 Å². The average molecular weight is 219 g/mol. The molecule has 0 saturated carbocycles. The lowest BCUT2D eigenvalue weighted by molar-refractivity contribution is -0.00272. The van der Waals surface area contributed by atoms with E-state index in [1.54, 1.807) is 18.2 Å². The summed E-state index contributed by atoms with van der Waals surface area (Å²) in [6.45, 7) is 7.10. The standard InChI is InChI=1S/C14H9N3/c1-16-13-10-6-5-9-12(13)14(17-15)11-7-3-2-4-8-11/h2-10H. The molecule has 0 aliphatic carbocycles. The maximum Gasteiger partial charge on any atom is 0.319 e. The number of para-hydroxylation sites is 1. The van der Waals surface area contributed by atoms with Gasteiger partial charge in [0.25, 0.3) is 0 Å². The molecule has 2 aromatic carbocycles. The monoisotopic (exact) mass is 219 g/mol. The second-order valence-electron chi connectivity index (χ2n) is 3.44. The van der Waals surface area contributed by atoms with E-state index in [-0.39, 0.29) is 0 Å². The number of nitrogens with zero attached hydrogens (tertiary/aromatic N) is 3. The van der Waals surface area contributed by atoms with Gasteiger partial charge in [0.15, 0.2) is 0 Å². The third-order valence-electron chi connectivity index (χ3n) is 2.43. The minimum Gasteiger partial charge on any atom is -0.361 e. The molecule has 0 amide bonds. The van der Waals surface area contributed by atoms with Crippen LogP contribution in [0.5, 0.6) is 0 Å². The minimum absolute atomic E-state index is 0.414. The number of hydrogen-bond donors (Lipinski definition) is 0. The van der Waals surface area contributed by atoms with Gasteiger partial charge in [-0.1, -0.05) is 42.5 Å². The molecule has 0 fully saturated rings. The molecular formula is C14H9N3. The fraction of sp³-hybridized carbons (Fsp3) is 0. The van der Waals surface area contributed by atoms with Crippen LogP contribution in [0.3, 0.4) is 0 Å². The lowest BCUT2D eigenvalue weighted by Crippen LogP contribution is -2.04. The first-order valence-corrected chi connectivity index (χ1v) is 5.11. The summed E-state index contributed by atoms with van der Waals surface area (Å²) < 4.78 is 0. The van der Waals surface area contributed by atoms with Gasteiger partial charge in [0.1, 0.15) is 0 Å². The van der Waals surface area contributed by atoms with Gasteiger partial charge in [0.2, 0.25) is 5.69 Å². The summed E-state index contributed by atoms with van der Waals surface area (Å²) in [4.78, 5) is 6.73. The summed E-state index contributed by atoms with van der Waals surface area (Å²) in [6.07, 6.45) is 0. The van der Waals surface area contributed by atoms with Gasteiger partial charge < -0.3 is 5.53 Å². The molecule has 0 unspecified atom stereocenters. The fourth-order valence-corrected chi connectivity index (χ4v) is 1.63. The van der Waals surface area contributed by atoms with E-state index in [1.807, 2.05) is 36.4 Å². The number of hydrogen-bond acceptors (Lipinski definition) is 0. The van der Waals surface area contributed by atoms with Gasteiger partial charge in [-0.15, -0.1) is 0 Å². The zero-order valence-electron chi connectivity index (χ0n) is 9.04. The first-order chi connectivity index (χ1) is 8.36. The van der Waals surface area contributed by atoms with E-state index in [9.17, 15) is 0 Å². The first kappa shape index (κ1) is 10.8. The zero-order valence-corrected chi connectivity index (χ0v) is 9.04. The van der Waals surface area contributed by atoms with Crippen molar-refractivity contribution in [3.8, 4) is 0 Å². The predicted molar refractivity (Wildman–Crippen MR) is 66.0 cm³/mol. The molecule has 0 bridgehead atoms. The van der Waals surface area contributed by atoms with Gasteiger partial charge >= 0.3 is 5.71 Å². The van der Waals surface area contributed by atoms with Gasteiger partial charge in [-0.3, -0.25) is 0 Å². The van der Waals surface area contributed by atoms with Crippen LogP contribution in [0.1, 0.15) is 11.1 Å². The van der Waals surface area contributed by atoms with Crippen LogP contribution < -0.4 is 0 Å². The van der Waals surface area contributed by atoms with Gasteiger partial charge in [0, 0.05) is 0 Å². The Morgan fingerprint density at radius 2 is 1.59 bits per heavy atom. The summed E-state index contributed by atoms with van der Waals surface area (Å²) in [5.74, 6) is 0. The highest BCUT2D eigenvalue weighted by Crippen LogP contribution is 2.21. The van der Waals surface area contributed by atoms with Crippen molar-refractivity contribution in [2.45, 2.75) is 0 Å². The molecule has 0 aliphatic heterocycles. The molecule has 0 saturated heterocycles. The average Bonchev–Trinajstić information content (AvgIpc) is 2.41. The summed E-state index contributed by atoms with van der Waals surface area (Å²) in [5, 5.41) is 0. The van der Waals surface area contributed by atoms with E-state index >= 15 is 0 Å². The fourth-order valence-electron chi connectivity index (χ4n) is 1.63. The smallest absolute Gasteiger partial charge is 0.319 e. The Morgan fingerprint density at radius 1 is 0.941 bits per heavy atom. The lowest BCUT2D eigenvalue weighted by Gasteiger charge is -1.99. The first-order valence-electron chi connectivity index (χ1n) is 5.11. The van der Waals surface area contributed by atoms with Crippen molar-refractivity contribution in [2.24, 2.45) is 0 Å². The third-order valence-corrected chi connectivity index (χ3v) is 2.43. The second-order valence-corrected chi connectivity index (χ2v) is 3.44. The molecule has 0 N–H and O–H groups in total. The highest BCUT2D eigenvalue weighted by Gasteiger charge is 2.18. The largest absolute Gasteiger partial charge is 0.361 e. The molecule has 17 heavy (non-hydrogen) atoms. The Morgan fingerprint density at radius 3 is 2.24 bits per heavy atom. The number of rotatable bonds is 2. The normalized spacial score (nSPS) is 9.12. The van der Waals surface area contributed by atoms with Gasteiger partial charge in [-0.05, 0) is 12.1 Å². The quantitative estimate of drug-likeness (QED) is 0.322. The van der Waals surface area contributed by atoms with Gasteiger partial charge in [-0.2, -0.15) is 4.79 Å². The molecule has 2 aromatic rings. The van der Waals surface area contributed by atoms with Crippen LogP contribution in [0.2, 0.25) is 0 Å². The summed E-state index contributed by atoms with van der Waals surface area (Å²) in [6, 6.07) is 16.4. The van der Waals surface area contributed by atoms with E-state index in [2.05, 4.69) is 9.63 Å². The molecular weight excluding hydrogens is 210 g/mol. The maximum atomic E-state index is 9.14. The topological polar surface area (TPSA) is 40.8 Å². The van der Waals surface area contributed by atoms with Crippen molar-refractivity contribution in [3.63, 3.8) is 0 Å². The van der Waals surface area contributed by atoms with E-state index in [1.165, 1.54) is 0 Å². The van der Waals surface area contributed by atoms with Crippen molar-refractivity contribution in [1.82, 2.24) is 0 Å². The number of benzene rings is 2. The molecule has 3 nitrogen and oxygen atoms in total. The van der Waals surface area contributed by atoms with Crippen molar-refractivity contribution >= 4 is 11.4 Å². The van der Waals surface area contributed by atoms with Crippen molar-refractivity contribution < 1.29 is 4.79 Å². The minimum atomic E-state index is 0.414. The Bertz CT molecular complexity index is 617. The highest BCUT2D eigenvalue weighted by atomic mass is 14.9. The van der Waals surface area contributed by atoms with E-state index in [4.69, 9.17) is 12.1 Å².